The van der Waals surface area contributed by atoms with Crippen LogP contribution < -0.4 is 0 Å². The minimum absolute atomic E-state index is 0.0252. The lowest BCUT2D eigenvalue weighted by Crippen LogP contribution is -2.29. The van der Waals surface area contributed by atoms with E-state index in [-0.39, 0.29) is 5.78 Å². The molecule has 0 spiro atoms. The average molecular weight is 293 g/mol. The number of carbonyl (C=O) groups excluding carboxylic acids is 1. The van der Waals surface area contributed by atoms with Gasteiger partial charge in [0.25, 0.3) is 0 Å². The van der Waals surface area contributed by atoms with Crippen molar-refractivity contribution in [2.24, 2.45) is 0 Å². The minimum atomic E-state index is -0.599. The van der Waals surface area contributed by atoms with Gasteiger partial charge in [-0.05, 0) is 37.6 Å². The SMILES string of the molecule is CC(C)(C(=O)c1ccc(Cl)c(Cl)c1)c1ccccc1. The highest BCUT2D eigenvalue weighted by Gasteiger charge is 2.30. The molecule has 2 aromatic rings. The van der Waals surface area contributed by atoms with Gasteiger partial charge in [0.2, 0.25) is 0 Å². The maximum atomic E-state index is 12.6. The summed E-state index contributed by atoms with van der Waals surface area (Å²) in [5.74, 6) is 0.0252. The Kier molecular flexibility index (Phi) is 3.98. The Morgan fingerprint density at radius 1 is 0.947 bits per heavy atom. The molecule has 0 heterocycles. The molecule has 1 nitrogen and oxygen atoms in total. The number of Topliss-reactive ketones (excluding diaryl/α,β-unsaturated/α-hetero) is 1. The average Bonchev–Trinajstić information content (AvgIpc) is 2.42. The third-order valence-electron chi connectivity index (χ3n) is 3.24. The summed E-state index contributed by atoms with van der Waals surface area (Å²) in [6.45, 7) is 3.82. The molecule has 0 aliphatic carbocycles. The highest BCUT2D eigenvalue weighted by Crippen LogP contribution is 2.30. The third kappa shape index (κ3) is 2.83. The highest BCUT2D eigenvalue weighted by atomic mass is 35.5. The Bertz CT molecular complexity index is 603. The lowest BCUT2D eigenvalue weighted by Gasteiger charge is -2.24. The zero-order valence-corrected chi connectivity index (χ0v) is 12.3. The smallest absolute Gasteiger partial charge is 0.172 e. The van der Waals surface area contributed by atoms with Crippen LogP contribution in [0.4, 0.5) is 0 Å². The zero-order chi connectivity index (χ0) is 14.0. The van der Waals surface area contributed by atoms with Crippen LogP contribution >= 0.6 is 23.2 Å². The van der Waals surface area contributed by atoms with Gasteiger partial charge in [0.15, 0.2) is 5.78 Å². The molecule has 98 valence electrons. The van der Waals surface area contributed by atoms with Crippen LogP contribution in [0, 0.1) is 0 Å². The molecule has 0 N–H and O–H groups in total. The van der Waals surface area contributed by atoms with Gasteiger partial charge in [0, 0.05) is 5.56 Å². The molecule has 0 atom stereocenters. The van der Waals surface area contributed by atoms with E-state index in [1.54, 1.807) is 18.2 Å². The van der Waals surface area contributed by atoms with E-state index in [0.717, 1.165) is 5.56 Å². The molecule has 0 unspecified atom stereocenters. The Morgan fingerprint density at radius 2 is 1.58 bits per heavy atom. The van der Waals surface area contributed by atoms with E-state index in [1.807, 2.05) is 44.2 Å². The van der Waals surface area contributed by atoms with Gasteiger partial charge in [-0.3, -0.25) is 4.79 Å². The predicted molar refractivity (Wildman–Crippen MR) is 80.3 cm³/mol. The van der Waals surface area contributed by atoms with Crippen molar-refractivity contribution in [1.29, 1.82) is 0 Å². The van der Waals surface area contributed by atoms with Gasteiger partial charge in [-0.2, -0.15) is 0 Å². The van der Waals surface area contributed by atoms with Gasteiger partial charge < -0.3 is 0 Å². The van der Waals surface area contributed by atoms with E-state index in [4.69, 9.17) is 23.2 Å². The summed E-state index contributed by atoms with van der Waals surface area (Å²) in [6.07, 6.45) is 0. The first-order valence-corrected chi connectivity index (χ1v) is 6.74. The fraction of sp³-hybridized carbons (Fsp3) is 0.188. The summed E-state index contributed by atoms with van der Waals surface area (Å²) >= 11 is 11.8. The topological polar surface area (TPSA) is 17.1 Å². The Hall–Kier alpha value is -1.31. The molecule has 0 saturated carbocycles. The van der Waals surface area contributed by atoms with Crippen LogP contribution in [0.25, 0.3) is 0 Å². The molecule has 0 radical (unpaired) electrons. The fourth-order valence-electron chi connectivity index (χ4n) is 1.98. The van der Waals surface area contributed by atoms with E-state index in [2.05, 4.69) is 0 Å². The van der Waals surface area contributed by atoms with Crippen molar-refractivity contribution in [2.45, 2.75) is 19.3 Å². The van der Waals surface area contributed by atoms with Crippen molar-refractivity contribution >= 4 is 29.0 Å². The van der Waals surface area contributed by atoms with E-state index in [1.165, 1.54) is 0 Å². The number of halogens is 2. The van der Waals surface area contributed by atoms with Crippen molar-refractivity contribution in [3.05, 3.63) is 69.7 Å². The van der Waals surface area contributed by atoms with Crippen molar-refractivity contribution in [2.75, 3.05) is 0 Å². The molecular weight excluding hydrogens is 279 g/mol. The van der Waals surface area contributed by atoms with Crippen molar-refractivity contribution in [3.8, 4) is 0 Å². The van der Waals surface area contributed by atoms with Crippen LogP contribution in [0.15, 0.2) is 48.5 Å². The molecule has 0 aliphatic rings. The molecule has 19 heavy (non-hydrogen) atoms. The second-order valence-electron chi connectivity index (χ2n) is 4.95. The molecule has 2 aromatic carbocycles. The Balaban J connectivity index is 2.40. The monoisotopic (exact) mass is 292 g/mol. The number of ketones is 1. The molecule has 0 bridgehead atoms. The summed E-state index contributed by atoms with van der Waals surface area (Å²) in [5, 5.41) is 0.854. The van der Waals surface area contributed by atoms with Crippen molar-refractivity contribution < 1.29 is 4.79 Å². The summed E-state index contributed by atoms with van der Waals surface area (Å²) in [4.78, 5) is 12.6. The van der Waals surface area contributed by atoms with Crippen LogP contribution in [-0.2, 0) is 5.41 Å². The molecule has 0 fully saturated rings. The quantitative estimate of drug-likeness (QED) is 0.715. The second kappa shape index (κ2) is 5.36. The normalized spacial score (nSPS) is 11.4. The van der Waals surface area contributed by atoms with Gasteiger partial charge in [-0.15, -0.1) is 0 Å². The molecule has 2 rings (SSSR count). The van der Waals surface area contributed by atoms with E-state index in [0.29, 0.717) is 15.6 Å². The van der Waals surface area contributed by atoms with Crippen molar-refractivity contribution in [1.82, 2.24) is 0 Å². The number of hydrogen-bond donors (Lipinski definition) is 0. The van der Waals surface area contributed by atoms with Crippen LogP contribution in [-0.4, -0.2) is 5.78 Å². The molecule has 0 saturated heterocycles. The van der Waals surface area contributed by atoms with Gasteiger partial charge in [-0.1, -0.05) is 53.5 Å². The van der Waals surface area contributed by atoms with Crippen LogP contribution in [0.5, 0.6) is 0 Å². The molecular formula is C16H14Cl2O. The summed E-state index contributed by atoms with van der Waals surface area (Å²) in [5.41, 5.74) is 0.952. The highest BCUT2D eigenvalue weighted by molar-refractivity contribution is 6.42. The zero-order valence-electron chi connectivity index (χ0n) is 10.8. The first-order chi connectivity index (χ1) is 8.93. The van der Waals surface area contributed by atoms with Gasteiger partial charge in [-0.25, -0.2) is 0 Å². The largest absolute Gasteiger partial charge is 0.293 e. The lowest BCUT2D eigenvalue weighted by molar-refractivity contribution is 0.0909. The van der Waals surface area contributed by atoms with Crippen LogP contribution in [0.3, 0.4) is 0 Å². The second-order valence-corrected chi connectivity index (χ2v) is 5.76. The van der Waals surface area contributed by atoms with Crippen LogP contribution in [0.2, 0.25) is 10.0 Å². The molecule has 0 amide bonds. The van der Waals surface area contributed by atoms with Crippen molar-refractivity contribution in [3.63, 3.8) is 0 Å². The van der Waals surface area contributed by atoms with Gasteiger partial charge in [0.05, 0.1) is 15.5 Å². The fourth-order valence-corrected chi connectivity index (χ4v) is 2.28. The minimum Gasteiger partial charge on any atom is -0.293 e. The number of rotatable bonds is 3. The van der Waals surface area contributed by atoms with E-state index < -0.39 is 5.41 Å². The summed E-state index contributed by atoms with van der Waals surface area (Å²) in [7, 11) is 0. The predicted octanol–water partition coefficient (Wildman–Crippen LogP) is 5.15. The standard InChI is InChI=1S/C16H14Cl2O/c1-16(2,12-6-4-3-5-7-12)15(19)11-8-9-13(17)14(18)10-11/h3-10H,1-2H3. The number of hydrogen-bond acceptors (Lipinski definition) is 1. The maximum Gasteiger partial charge on any atom is 0.172 e. The van der Waals surface area contributed by atoms with E-state index in [9.17, 15) is 4.79 Å². The lowest BCUT2D eigenvalue weighted by atomic mass is 9.78. The Labute approximate surface area is 123 Å². The first-order valence-electron chi connectivity index (χ1n) is 5.98. The van der Waals surface area contributed by atoms with Gasteiger partial charge >= 0.3 is 0 Å². The molecule has 0 aromatic heterocycles. The summed E-state index contributed by atoms with van der Waals surface area (Å²) < 4.78 is 0. The maximum absolute atomic E-state index is 12.6. The molecule has 0 aliphatic heterocycles. The Morgan fingerprint density at radius 3 is 2.16 bits per heavy atom. The third-order valence-corrected chi connectivity index (χ3v) is 3.98. The first kappa shape index (κ1) is 14.1. The molecule has 3 heteroatoms. The number of carbonyl (C=O) groups is 1. The van der Waals surface area contributed by atoms with Gasteiger partial charge in [0.1, 0.15) is 0 Å². The van der Waals surface area contributed by atoms with E-state index >= 15 is 0 Å². The number of benzene rings is 2. The summed E-state index contributed by atoms with van der Waals surface area (Å²) in [6, 6.07) is 14.7. The van der Waals surface area contributed by atoms with Crippen LogP contribution in [0.1, 0.15) is 29.8 Å².